The van der Waals surface area contributed by atoms with Crippen LogP contribution >= 0.6 is 11.3 Å². The van der Waals surface area contributed by atoms with Crippen LogP contribution in [0.2, 0.25) is 0 Å². The van der Waals surface area contributed by atoms with E-state index in [2.05, 4.69) is 31.0 Å². The summed E-state index contributed by atoms with van der Waals surface area (Å²) < 4.78 is 3.25. The lowest BCUT2D eigenvalue weighted by Gasteiger charge is -2.01. The number of nitrogens with zero attached hydrogens (tertiary/aromatic N) is 2. The quantitative estimate of drug-likeness (QED) is 0.819. The minimum atomic E-state index is -0.0324. The largest absolute Gasteiger partial charge is 0.319 e. The second kappa shape index (κ2) is 5.06. The number of aryl methyl sites for hydroxylation is 3. The fraction of sp³-hybridized carbons (Fsp3) is 0.429. The van der Waals surface area contributed by atoms with Crippen LogP contribution in [-0.2, 0) is 11.8 Å². The van der Waals surface area contributed by atoms with Gasteiger partial charge >= 0.3 is 0 Å². The van der Waals surface area contributed by atoms with Crippen molar-refractivity contribution in [2.24, 2.45) is 12.0 Å². The van der Waals surface area contributed by atoms with Crippen molar-refractivity contribution in [2.75, 3.05) is 0 Å². The number of hydrogen-bond acceptors (Lipinski definition) is 2. The predicted molar refractivity (Wildman–Crippen MR) is 75.7 cm³/mol. The van der Waals surface area contributed by atoms with Crippen LogP contribution in [0.1, 0.15) is 30.9 Å². The molecule has 96 valence electrons. The number of carbonyl (C=O) groups is 1. The van der Waals surface area contributed by atoms with Crippen molar-refractivity contribution in [1.29, 1.82) is 0 Å². The Morgan fingerprint density at radius 3 is 2.61 bits per heavy atom. The molecule has 18 heavy (non-hydrogen) atoms. The summed E-state index contributed by atoms with van der Waals surface area (Å²) in [4.78, 5) is 16.6. The lowest BCUT2D eigenvalue weighted by atomic mass is 10.1. The van der Waals surface area contributed by atoms with Gasteiger partial charge in [-0.1, -0.05) is 30.4 Å². The van der Waals surface area contributed by atoms with Gasteiger partial charge < -0.3 is 4.57 Å². The molecule has 0 N–H and O–H groups in total. The number of amides is 1. The van der Waals surface area contributed by atoms with Crippen LogP contribution in [0.4, 0.5) is 0 Å². The van der Waals surface area contributed by atoms with Crippen molar-refractivity contribution in [3.05, 3.63) is 28.1 Å². The van der Waals surface area contributed by atoms with E-state index in [1.807, 2.05) is 18.5 Å². The van der Waals surface area contributed by atoms with Gasteiger partial charge in [0.2, 0.25) is 5.91 Å². The molecule has 0 bridgehead atoms. The first-order valence-electron chi connectivity index (χ1n) is 6.18. The van der Waals surface area contributed by atoms with Crippen molar-refractivity contribution in [3.8, 4) is 0 Å². The standard InChI is InChI=1S/C14H18N2OS/c1-5-6-11(17)15-14-16(4)12-9(2)7-8-10(3)13(12)18-14/h7-8H,5-6H2,1-4H3. The highest BCUT2D eigenvalue weighted by Gasteiger charge is 2.08. The fourth-order valence-corrected chi connectivity index (χ4v) is 3.23. The van der Waals surface area contributed by atoms with Crippen LogP contribution in [0.15, 0.2) is 17.1 Å². The van der Waals surface area contributed by atoms with E-state index in [9.17, 15) is 4.79 Å². The third-order valence-corrected chi connectivity index (χ3v) is 4.30. The van der Waals surface area contributed by atoms with E-state index in [1.165, 1.54) is 21.3 Å². The Morgan fingerprint density at radius 2 is 2.00 bits per heavy atom. The Kier molecular flexibility index (Phi) is 3.66. The van der Waals surface area contributed by atoms with Gasteiger partial charge in [-0.15, -0.1) is 0 Å². The molecule has 3 nitrogen and oxygen atoms in total. The first-order chi connectivity index (χ1) is 8.54. The fourth-order valence-electron chi connectivity index (χ4n) is 2.05. The Morgan fingerprint density at radius 1 is 1.33 bits per heavy atom. The lowest BCUT2D eigenvalue weighted by molar-refractivity contribution is -0.118. The van der Waals surface area contributed by atoms with E-state index in [0.29, 0.717) is 6.42 Å². The van der Waals surface area contributed by atoms with E-state index in [1.54, 1.807) is 11.3 Å². The average molecular weight is 262 g/mol. The third kappa shape index (κ3) is 2.25. The molecule has 2 aromatic rings. The molecule has 4 heteroatoms. The minimum absolute atomic E-state index is 0.0324. The first kappa shape index (κ1) is 13.0. The van der Waals surface area contributed by atoms with E-state index in [4.69, 9.17) is 0 Å². The molecule has 0 saturated carbocycles. The van der Waals surface area contributed by atoms with Crippen molar-refractivity contribution in [2.45, 2.75) is 33.6 Å². The Labute approximate surface area is 111 Å². The highest BCUT2D eigenvalue weighted by atomic mass is 32.1. The lowest BCUT2D eigenvalue weighted by Crippen LogP contribution is -2.13. The molecule has 0 fully saturated rings. The Balaban J connectivity index is 2.68. The molecule has 0 aliphatic rings. The summed E-state index contributed by atoms with van der Waals surface area (Å²) in [7, 11) is 1.98. The maximum absolute atomic E-state index is 11.6. The van der Waals surface area contributed by atoms with Crippen LogP contribution < -0.4 is 4.80 Å². The number of aromatic nitrogens is 1. The van der Waals surface area contributed by atoms with Crippen molar-refractivity contribution in [1.82, 2.24) is 4.57 Å². The molecule has 0 aliphatic heterocycles. The van der Waals surface area contributed by atoms with Gasteiger partial charge in [0.05, 0.1) is 10.2 Å². The van der Waals surface area contributed by atoms with Gasteiger partial charge in [-0.3, -0.25) is 4.79 Å². The van der Waals surface area contributed by atoms with Crippen molar-refractivity contribution >= 4 is 27.5 Å². The van der Waals surface area contributed by atoms with Gasteiger partial charge in [-0.25, -0.2) is 0 Å². The molecule has 1 aromatic heterocycles. The van der Waals surface area contributed by atoms with Gasteiger partial charge in [-0.05, 0) is 31.4 Å². The molecule has 0 atom stereocenters. The topological polar surface area (TPSA) is 34.4 Å². The summed E-state index contributed by atoms with van der Waals surface area (Å²) in [6, 6.07) is 4.23. The summed E-state index contributed by atoms with van der Waals surface area (Å²) in [5.41, 5.74) is 3.64. The zero-order chi connectivity index (χ0) is 13.3. The van der Waals surface area contributed by atoms with E-state index >= 15 is 0 Å². The maximum Gasteiger partial charge on any atom is 0.248 e. The van der Waals surface area contributed by atoms with E-state index < -0.39 is 0 Å². The molecule has 1 amide bonds. The van der Waals surface area contributed by atoms with Gasteiger partial charge in [0.1, 0.15) is 0 Å². The van der Waals surface area contributed by atoms with Crippen LogP contribution in [-0.4, -0.2) is 10.5 Å². The average Bonchev–Trinajstić information content (AvgIpc) is 2.63. The molecule has 0 aliphatic carbocycles. The van der Waals surface area contributed by atoms with Crippen LogP contribution in [0.25, 0.3) is 10.2 Å². The molecule has 1 heterocycles. The summed E-state index contributed by atoms with van der Waals surface area (Å²) in [5.74, 6) is -0.0324. The molecule has 0 saturated heterocycles. The second-order valence-electron chi connectivity index (χ2n) is 4.58. The monoisotopic (exact) mass is 262 g/mol. The normalized spacial score (nSPS) is 12.3. The van der Waals surface area contributed by atoms with Gasteiger partial charge in [-0.2, -0.15) is 4.99 Å². The summed E-state index contributed by atoms with van der Waals surface area (Å²) in [6.45, 7) is 6.18. The molecule has 0 spiro atoms. The second-order valence-corrected chi connectivity index (χ2v) is 5.55. The number of benzene rings is 1. The van der Waals surface area contributed by atoms with Crippen LogP contribution in [0.5, 0.6) is 0 Å². The molecule has 2 rings (SSSR count). The van der Waals surface area contributed by atoms with Gasteiger partial charge in [0, 0.05) is 13.5 Å². The molecule has 0 radical (unpaired) electrons. The van der Waals surface area contributed by atoms with Crippen LogP contribution in [0.3, 0.4) is 0 Å². The highest BCUT2D eigenvalue weighted by molar-refractivity contribution is 7.16. The molecular weight excluding hydrogens is 244 g/mol. The van der Waals surface area contributed by atoms with E-state index in [-0.39, 0.29) is 5.91 Å². The minimum Gasteiger partial charge on any atom is -0.319 e. The molecular formula is C14H18N2OS. The molecule has 0 unspecified atom stereocenters. The van der Waals surface area contributed by atoms with Gasteiger partial charge in [0.25, 0.3) is 0 Å². The number of rotatable bonds is 2. The van der Waals surface area contributed by atoms with Crippen molar-refractivity contribution < 1.29 is 4.79 Å². The number of hydrogen-bond donors (Lipinski definition) is 0. The predicted octanol–water partition coefficient (Wildman–Crippen LogP) is 3.08. The van der Waals surface area contributed by atoms with Crippen molar-refractivity contribution in [3.63, 3.8) is 0 Å². The highest BCUT2D eigenvalue weighted by Crippen LogP contribution is 2.23. The summed E-state index contributed by atoms with van der Waals surface area (Å²) >= 11 is 1.59. The zero-order valence-corrected chi connectivity index (χ0v) is 12.1. The van der Waals surface area contributed by atoms with Crippen LogP contribution in [0, 0.1) is 13.8 Å². The summed E-state index contributed by atoms with van der Waals surface area (Å²) in [6.07, 6.45) is 1.36. The number of carbonyl (C=O) groups excluding carboxylic acids is 1. The molecule has 1 aromatic carbocycles. The first-order valence-corrected chi connectivity index (χ1v) is 6.99. The SMILES string of the molecule is CCCC(=O)N=c1sc2c(C)ccc(C)c2n1C. The Hall–Kier alpha value is -1.42. The number of fused-ring (bicyclic) bond motifs is 1. The maximum atomic E-state index is 11.6. The van der Waals surface area contributed by atoms with E-state index in [0.717, 1.165) is 11.2 Å². The third-order valence-electron chi connectivity index (χ3n) is 3.03. The number of thiazole rings is 1. The smallest absolute Gasteiger partial charge is 0.248 e. The van der Waals surface area contributed by atoms with Gasteiger partial charge in [0.15, 0.2) is 4.80 Å². The Bertz CT molecular complexity index is 664. The zero-order valence-electron chi connectivity index (χ0n) is 11.3. The summed E-state index contributed by atoms with van der Waals surface area (Å²) in [5, 5.41) is 0.